The zero-order valence-corrected chi connectivity index (χ0v) is 17.6. The minimum Gasteiger partial charge on any atom is -0.354 e. The summed E-state index contributed by atoms with van der Waals surface area (Å²) in [4.78, 5) is 35.8. The molecule has 164 valence electrons. The Balaban J connectivity index is 1.30. The van der Waals surface area contributed by atoms with Gasteiger partial charge in [0, 0.05) is 50.9 Å². The van der Waals surface area contributed by atoms with Crippen LogP contribution in [0.5, 0.6) is 0 Å². The first-order chi connectivity index (χ1) is 15.6. The number of nitro groups is 1. The molecule has 1 saturated heterocycles. The third-order valence-electron chi connectivity index (χ3n) is 5.38. The molecule has 9 nitrogen and oxygen atoms in total. The Bertz CT molecular complexity index is 1070. The second-order valence-corrected chi connectivity index (χ2v) is 7.66. The number of carbonyl (C=O) groups excluding carboxylic acids is 1. The molecule has 0 aliphatic carbocycles. The van der Waals surface area contributed by atoms with Gasteiger partial charge in [-0.1, -0.05) is 42.5 Å². The van der Waals surface area contributed by atoms with Gasteiger partial charge in [0.05, 0.1) is 11.3 Å². The Labute approximate surface area is 185 Å². The molecule has 0 atom stereocenters. The summed E-state index contributed by atoms with van der Waals surface area (Å²) in [5.41, 5.74) is 2.00. The summed E-state index contributed by atoms with van der Waals surface area (Å²) in [5.74, 6) is 0.981. The van der Waals surface area contributed by atoms with E-state index in [-0.39, 0.29) is 18.0 Å². The van der Waals surface area contributed by atoms with Gasteiger partial charge in [0.25, 0.3) is 5.69 Å². The lowest BCUT2D eigenvalue weighted by Crippen LogP contribution is -2.46. The fourth-order valence-electron chi connectivity index (χ4n) is 3.67. The molecule has 0 unspecified atom stereocenters. The van der Waals surface area contributed by atoms with Crippen molar-refractivity contribution in [2.45, 2.75) is 13.0 Å². The van der Waals surface area contributed by atoms with Gasteiger partial charge in [0.1, 0.15) is 18.0 Å². The molecule has 4 rings (SSSR count). The van der Waals surface area contributed by atoms with Gasteiger partial charge in [-0.25, -0.2) is 9.97 Å². The molecule has 1 aliphatic heterocycles. The molecule has 0 radical (unpaired) electrons. The third kappa shape index (κ3) is 5.64. The SMILES string of the molecule is O=C(Cc1ccc([N+](=O)[O-])cc1)Nc1cc(N2CCN(Cc3ccccc3)CC2)ncn1. The molecule has 2 heterocycles. The summed E-state index contributed by atoms with van der Waals surface area (Å²) in [5, 5.41) is 13.5. The number of carbonyl (C=O) groups is 1. The summed E-state index contributed by atoms with van der Waals surface area (Å²) in [6.07, 6.45) is 1.56. The topological polar surface area (TPSA) is 104 Å². The Morgan fingerprint density at radius 3 is 2.38 bits per heavy atom. The van der Waals surface area contributed by atoms with E-state index in [0.29, 0.717) is 11.4 Å². The normalized spacial score (nSPS) is 14.2. The van der Waals surface area contributed by atoms with Crippen molar-refractivity contribution in [1.29, 1.82) is 0 Å². The molecule has 9 heteroatoms. The Morgan fingerprint density at radius 1 is 0.969 bits per heavy atom. The number of aromatic nitrogens is 2. The molecule has 1 amide bonds. The molecule has 2 aromatic carbocycles. The first kappa shape index (κ1) is 21.4. The molecule has 1 aliphatic rings. The number of non-ortho nitro benzene ring substituents is 1. The van der Waals surface area contributed by atoms with Crippen LogP contribution in [0, 0.1) is 10.1 Å². The van der Waals surface area contributed by atoms with Gasteiger partial charge >= 0.3 is 0 Å². The van der Waals surface area contributed by atoms with E-state index in [4.69, 9.17) is 0 Å². The van der Waals surface area contributed by atoms with E-state index < -0.39 is 4.92 Å². The zero-order chi connectivity index (χ0) is 22.3. The van der Waals surface area contributed by atoms with Gasteiger partial charge in [0.15, 0.2) is 0 Å². The molecule has 1 fully saturated rings. The first-order valence-electron chi connectivity index (χ1n) is 10.4. The summed E-state index contributed by atoms with van der Waals surface area (Å²) in [6.45, 7) is 4.49. The predicted octanol–water partition coefficient (Wildman–Crippen LogP) is 2.89. The van der Waals surface area contributed by atoms with Crippen LogP contribution in [0.4, 0.5) is 17.3 Å². The highest BCUT2D eigenvalue weighted by molar-refractivity contribution is 5.91. The number of rotatable bonds is 7. The Morgan fingerprint density at radius 2 is 1.69 bits per heavy atom. The van der Waals surface area contributed by atoms with Crippen molar-refractivity contribution in [3.05, 3.63) is 88.2 Å². The number of piperazine rings is 1. The number of nitrogens with one attached hydrogen (secondary N) is 1. The van der Waals surface area contributed by atoms with Crippen LogP contribution in [0.15, 0.2) is 67.0 Å². The molecule has 3 aromatic rings. The van der Waals surface area contributed by atoms with Crippen LogP contribution in [-0.4, -0.2) is 51.9 Å². The monoisotopic (exact) mass is 432 g/mol. The van der Waals surface area contributed by atoms with Crippen molar-refractivity contribution in [2.75, 3.05) is 36.4 Å². The van der Waals surface area contributed by atoms with E-state index in [2.05, 4.69) is 49.4 Å². The highest BCUT2D eigenvalue weighted by atomic mass is 16.6. The van der Waals surface area contributed by atoms with Crippen molar-refractivity contribution >= 4 is 23.2 Å². The Hall–Kier alpha value is -3.85. The van der Waals surface area contributed by atoms with E-state index in [1.807, 2.05) is 6.07 Å². The highest BCUT2D eigenvalue weighted by Gasteiger charge is 2.19. The van der Waals surface area contributed by atoms with Gasteiger partial charge in [0.2, 0.25) is 5.91 Å². The summed E-state index contributed by atoms with van der Waals surface area (Å²) in [7, 11) is 0. The van der Waals surface area contributed by atoms with Gasteiger partial charge in [-0.05, 0) is 11.1 Å². The number of nitro benzene ring substituents is 1. The molecule has 32 heavy (non-hydrogen) atoms. The van der Waals surface area contributed by atoms with E-state index in [0.717, 1.165) is 38.5 Å². The summed E-state index contributed by atoms with van der Waals surface area (Å²) < 4.78 is 0. The van der Waals surface area contributed by atoms with E-state index >= 15 is 0 Å². The number of hydrogen-bond acceptors (Lipinski definition) is 7. The highest BCUT2D eigenvalue weighted by Crippen LogP contribution is 2.18. The number of benzene rings is 2. The average molecular weight is 432 g/mol. The van der Waals surface area contributed by atoms with Crippen LogP contribution in [-0.2, 0) is 17.8 Å². The lowest BCUT2D eigenvalue weighted by Gasteiger charge is -2.35. The lowest BCUT2D eigenvalue weighted by molar-refractivity contribution is -0.384. The molecule has 1 N–H and O–H groups in total. The van der Waals surface area contributed by atoms with Crippen molar-refractivity contribution in [2.24, 2.45) is 0 Å². The fourth-order valence-corrected chi connectivity index (χ4v) is 3.67. The minimum absolute atomic E-state index is 0.00142. The third-order valence-corrected chi connectivity index (χ3v) is 5.38. The molecular weight excluding hydrogens is 408 g/mol. The van der Waals surface area contributed by atoms with E-state index in [1.54, 1.807) is 18.2 Å². The van der Waals surface area contributed by atoms with Crippen molar-refractivity contribution in [3.8, 4) is 0 Å². The molecule has 0 spiro atoms. The molecule has 0 saturated carbocycles. The summed E-state index contributed by atoms with van der Waals surface area (Å²) in [6, 6.07) is 18.2. The molecule has 1 aromatic heterocycles. The quantitative estimate of drug-likeness (QED) is 0.452. The van der Waals surface area contributed by atoms with Crippen LogP contribution in [0.2, 0.25) is 0 Å². The smallest absolute Gasteiger partial charge is 0.269 e. The second kappa shape index (κ2) is 9.97. The second-order valence-electron chi connectivity index (χ2n) is 7.66. The van der Waals surface area contributed by atoms with Crippen LogP contribution in [0.25, 0.3) is 0 Å². The lowest BCUT2D eigenvalue weighted by atomic mass is 10.1. The van der Waals surface area contributed by atoms with Crippen molar-refractivity contribution < 1.29 is 9.72 Å². The van der Waals surface area contributed by atoms with Crippen LogP contribution < -0.4 is 10.2 Å². The Kier molecular flexibility index (Phi) is 6.66. The van der Waals surface area contributed by atoms with E-state index in [9.17, 15) is 14.9 Å². The van der Waals surface area contributed by atoms with Gasteiger partial charge in [-0.15, -0.1) is 0 Å². The van der Waals surface area contributed by atoms with Crippen LogP contribution in [0.1, 0.15) is 11.1 Å². The number of anilines is 2. The number of amides is 1. The fraction of sp³-hybridized carbons (Fsp3) is 0.261. The molecular formula is C23H24N6O3. The maximum atomic E-state index is 12.4. The largest absolute Gasteiger partial charge is 0.354 e. The number of hydrogen-bond donors (Lipinski definition) is 1. The standard InChI is InChI=1S/C23H24N6O3/c30-23(14-18-6-8-20(9-7-18)29(31)32)26-21-15-22(25-17-24-21)28-12-10-27(11-13-28)16-19-4-2-1-3-5-19/h1-9,15,17H,10-14,16H2,(H,24,25,26,30). The van der Waals surface area contributed by atoms with Gasteiger partial charge < -0.3 is 10.2 Å². The number of nitrogens with zero attached hydrogens (tertiary/aromatic N) is 5. The van der Waals surface area contributed by atoms with E-state index in [1.165, 1.54) is 24.0 Å². The van der Waals surface area contributed by atoms with Crippen LogP contribution >= 0.6 is 0 Å². The zero-order valence-electron chi connectivity index (χ0n) is 17.6. The average Bonchev–Trinajstić information content (AvgIpc) is 2.81. The maximum Gasteiger partial charge on any atom is 0.269 e. The van der Waals surface area contributed by atoms with Gasteiger partial charge in [-0.3, -0.25) is 19.8 Å². The minimum atomic E-state index is -0.465. The maximum absolute atomic E-state index is 12.4. The van der Waals surface area contributed by atoms with Crippen molar-refractivity contribution in [3.63, 3.8) is 0 Å². The predicted molar refractivity (Wildman–Crippen MR) is 121 cm³/mol. The first-order valence-corrected chi connectivity index (χ1v) is 10.4. The molecule has 0 bridgehead atoms. The van der Waals surface area contributed by atoms with Crippen molar-refractivity contribution in [1.82, 2.24) is 14.9 Å². The van der Waals surface area contributed by atoms with Gasteiger partial charge in [-0.2, -0.15) is 0 Å². The van der Waals surface area contributed by atoms with Crippen LogP contribution in [0.3, 0.4) is 0 Å². The summed E-state index contributed by atoms with van der Waals surface area (Å²) >= 11 is 0.